The topological polar surface area (TPSA) is 93.7 Å². The van der Waals surface area contributed by atoms with Crippen LogP contribution in [-0.4, -0.2) is 52.7 Å². The molecule has 0 saturated carbocycles. The number of rotatable bonds is 11. The quantitative estimate of drug-likeness (QED) is 0.185. The largest absolute Gasteiger partial charge is 0.497 e. The number of allylic oxidation sites excluding steroid dienone is 2. The molecule has 2 amide bonds. The van der Waals surface area contributed by atoms with Gasteiger partial charge in [0.05, 0.1) is 20.0 Å². The van der Waals surface area contributed by atoms with Crippen molar-refractivity contribution in [1.82, 2.24) is 14.9 Å². The average molecular weight is 561 g/mol. The van der Waals surface area contributed by atoms with Gasteiger partial charge in [0.25, 0.3) is 0 Å². The molecule has 3 aromatic rings. The second-order valence-electron chi connectivity index (χ2n) is 9.80. The van der Waals surface area contributed by atoms with Crippen LogP contribution in [0.1, 0.15) is 36.2 Å². The lowest BCUT2D eigenvalue weighted by Gasteiger charge is -2.37. The monoisotopic (exact) mass is 560 g/mol. The van der Waals surface area contributed by atoms with Crippen LogP contribution in [0.3, 0.4) is 0 Å². The number of methoxy groups -OCH3 is 2. The molecular formula is C31H36N4O4S. The number of ether oxygens (including phenoxy) is 2. The molecule has 1 N–H and O–H groups in total. The first-order chi connectivity index (χ1) is 19.4. The van der Waals surface area contributed by atoms with Crippen LogP contribution in [0, 0.1) is 19.8 Å². The van der Waals surface area contributed by atoms with Gasteiger partial charge >= 0.3 is 0 Å². The number of thioether (sulfide) groups is 1. The summed E-state index contributed by atoms with van der Waals surface area (Å²) in [4.78, 5) is 38.6. The van der Waals surface area contributed by atoms with Gasteiger partial charge in [-0.15, -0.1) is 0 Å². The lowest BCUT2D eigenvalue weighted by atomic mass is 9.86. The van der Waals surface area contributed by atoms with Crippen LogP contribution in [0.5, 0.6) is 11.5 Å². The molecule has 4 rings (SSSR count). The fourth-order valence-corrected chi connectivity index (χ4v) is 5.68. The second kappa shape index (κ2) is 14.0. The van der Waals surface area contributed by atoms with E-state index >= 15 is 0 Å². The van der Waals surface area contributed by atoms with Crippen molar-refractivity contribution in [2.45, 2.75) is 50.9 Å². The first kappa shape index (κ1) is 29.1. The molecule has 2 atom stereocenters. The van der Waals surface area contributed by atoms with Gasteiger partial charge in [0.15, 0.2) is 5.16 Å². The maximum absolute atomic E-state index is 14.0. The van der Waals surface area contributed by atoms with Gasteiger partial charge in [-0.05, 0) is 87.1 Å². The van der Waals surface area contributed by atoms with E-state index in [0.29, 0.717) is 16.6 Å². The summed E-state index contributed by atoms with van der Waals surface area (Å²) >= 11 is 1.29. The number of carbonyl (C=O) groups excluding carboxylic acids is 2. The van der Waals surface area contributed by atoms with Crippen molar-refractivity contribution < 1.29 is 19.1 Å². The van der Waals surface area contributed by atoms with Gasteiger partial charge in [-0.25, -0.2) is 9.97 Å². The van der Waals surface area contributed by atoms with E-state index in [1.807, 2.05) is 44.2 Å². The molecule has 1 aliphatic rings. The Labute approximate surface area is 240 Å². The highest BCUT2D eigenvalue weighted by Gasteiger charge is 2.36. The summed E-state index contributed by atoms with van der Waals surface area (Å²) in [6, 6.07) is 16.0. The van der Waals surface area contributed by atoms with Crippen molar-refractivity contribution in [2.75, 3.05) is 25.3 Å². The lowest BCUT2D eigenvalue weighted by Crippen LogP contribution is -2.51. The van der Waals surface area contributed by atoms with E-state index in [-0.39, 0.29) is 30.0 Å². The van der Waals surface area contributed by atoms with E-state index in [1.165, 1.54) is 11.8 Å². The standard InChI is InChI=1S/C31H36N4O4S/c1-21-18-22(2)33-31(32-21)40-20-28(36)35(19-23-10-14-26(38-3)15-11-23)29(24-8-6-5-7-9-24)30(37)34-25-12-16-27(39-4)17-13-25/h5-6,10-18,24,29H,7-9,19-20H2,1-4H3,(H,34,37)/t24-,29-/m0/s1. The summed E-state index contributed by atoms with van der Waals surface area (Å²) in [5, 5.41) is 3.61. The van der Waals surface area contributed by atoms with E-state index in [9.17, 15) is 9.59 Å². The van der Waals surface area contributed by atoms with Crippen molar-refractivity contribution in [2.24, 2.45) is 5.92 Å². The third-order valence-corrected chi connectivity index (χ3v) is 7.67. The summed E-state index contributed by atoms with van der Waals surface area (Å²) < 4.78 is 10.6. The van der Waals surface area contributed by atoms with Crippen molar-refractivity contribution in [3.63, 3.8) is 0 Å². The summed E-state index contributed by atoms with van der Waals surface area (Å²) in [7, 11) is 3.22. The molecule has 40 heavy (non-hydrogen) atoms. The van der Waals surface area contributed by atoms with Crippen LogP contribution in [0.2, 0.25) is 0 Å². The fourth-order valence-electron chi connectivity index (χ4n) is 4.84. The fraction of sp³-hybridized carbons (Fsp3) is 0.355. The Kier molecular flexibility index (Phi) is 10.2. The van der Waals surface area contributed by atoms with Crippen molar-refractivity contribution >= 4 is 29.3 Å². The zero-order valence-electron chi connectivity index (χ0n) is 23.4. The van der Waals surface area contributed by atoms with Crippen LogP contribution < -0.4 is 14.8 Å². The van der Waals surface area contributed by atoms with Gasteiger partial charge in [0.1, 0.15) is 17.5 Å². The van der Waals surface area contributed by atoms with Gasteiger partial charge in [0.2, 0.25) is 11.8 Å². The van der Waals surface area contributed by atoms with Crippen LogP contribution >= 0.6 is 11.8 Å². The SMILES string of the molecule is COc1ccc(CN(C(=O)CSc2nc(C)cc(C)n2)[C@H](C(=O)Nc2ccc(OC)cc2)[C@H]2CC=CCC2)cc1. The van der Waals surface area contributed by atoms with E-state index in [2.05, 4.69) is 27.4 Å². The Hall–Kier alpha value is -3.85. The molecule has 0 saturated heterocycles. The number of amides is 2. The Morgan fingerprint density at radius 2 is 1.60 bits per heavy atom. The predicted octanol–water partition coefficient (Wildman–Crippen LogP) is 5.60. The number of aryl methyl sites for hydroxylation is 2. The number of aromatic nitrogens is 2. The second-order valence-corrected chi connectivity index (χ2v) is 10.7. The Morgan fingerprint density at radius 3 is 2.17 bits per heavy atom. The first-order valence-electron chi connectivity index (χ1n) is 13.3. The first-order valence-corrected chi connectivity index (χ1v) is 14.3. The third kappa shape index (κ3) is 7.85. The molecular weight excluding hydrogens is 524 g/mol. The molecule has 0 fully saturated rings. The van der Waals surface area contributed by atoms with E-state index in [4.69, 9.17) is 9.47 Å². The molecule has 1 heterocycles. The molecule has 210 valence electrons. The molecule has 1 aliphatic carbocycles. The highest BCUT2D eigenvalue weighted by atomic mass is 32.2. The molecule has 0 radical (unpaired) electrons. The van der Waals surface area contributed by atoms with Crippen molar-refractivity contribution in [1.29, 1.82) is 0 Å². The molecule has 0 aliphatic heterocycles. The molecule has 0 spiro atoms. The summed E-state index contributed by atoms with van der Waals surface area (Å²) in [6.45, 7) is 4.11. The highest BCUT2D eigenvalue weighted by Crippen LogP contribution is 2.29. The smallest absolute Gasteiger partial charge is 0.247 e. The Morgan fingerprint density at radius 1 is 0.975 bits per heavy atom. The number of nitrogens with one attached hydrogen (secondary N) is 1. The number of hydrogen-bond donors (Lipinski definition) is 1. The van der Waals surface area contributed by atoms with Gasteiger partial charge in [-0.1, -0.05) is 36.0 Å². The van der Waals surface area contributed by atoms with Crippen LogP contribution in [0.15, 0.2) is 71.9 Å². The summed E-state index contributed by atoms with van der Waals surface area (Å²) in [5.41, 5.74) is 3.26. The van der Waals surface area contributed by atoms with Gasteiger partial charge in [-0.2, -0.15) is 0 Å². The number of carbonyl (C=O) groups is 2. The minimum Gasteiger partial charge on any atom is -0.497 e. The highest BCUT2D eigenvalue weighted by molar-refractivity contribution is 7.99. The van der Waals surface area contributed by atoms with E-state index in [1.54, 1.807) is 43.4 Å². The minimum absolute atomic E-state index is 0.0205. The predicted molar refractivity (Wildman–Crippen MR) is 158 cm³/mol. The molecule has 9 heteroatoms. The molecule has 0 unspecified atom stereocenters. The zero-order valence-corrected chi connectivity index (χ0v) is 24.2. The molecule has 1 aromatic heterocycles. The molecule has 0 bridgehead atoms. The number of anilines is 1. The maximum atomic E-state index is 14.0. The average Bonchev–Trinajstić information content (AvgIpc) is 2.96. The lowest BCUT2D eigenvalue weighted by molar-refractivity contribution is -0.139. The van der Waals surface area contributed by atoms with Gasteiger partial charge in [0, 0.05) is 23.6 Å². The maximum Gasteiger partial charge on any atom is 0.247 e. The van der Waals surface area contributed by atoms with Gasteiger partial charge < -0.3 is 19.7 Å². The van der Waals surface area contributed by atoms with E-state index < -0.39 is 6.04 Å². The van der Waals surface area contributed by atoms with Crippen LogP contribution in [-0.2, 0) is 16.1 Å². The summed E-state index contributed by atoms with van der Waals surface area (Å²) in [5.74, 6) is 1.18. The summed E-state index contributed by atoms with van der Waals surface area (Å²) in [6.07, 6.45) is 6.65. The minimum atomic E-state index is -0.664. The van der Waals surface area contributed by atoms with Crippen molar-refractivity contribution in [3.05, 3.63) is 83.7 Å². The molecule has 2 aromatic carbocycles. The number of benzene rings is 2. The van der Waals surface area contributed by atoms with E-state index in [0.717, 1.165) is 42.0 Å². The number of hydrogen-bond acceptors (Lipinski definition) is 7. The third-order valence-electron chi connectivity index (χ3n) is 6.84. The van der Waals surface area contributed by atoms with Gasteiger partial charge in [-0.3, -0.25) is 9.59 Å². The number of nitrogens with zero attached hydrogens (tertiary/aromatic N) is 3. The normalized spacial score (nSPS) is 15.2. The Bertz CT molecular complexity index is 1310. The Balaban J connectivity index is 1.64. The zero-order chi connectivity index (χ0) is 28.5. The molecule has 8 nitrogen and oxygen atoms in total. The van der Waals surface area contributed by atoms with Crippen LogP contribution in [0.4, 0.5) is 5.69 Å². The van der Waals surface area contributed by atoms with Crippen LogP contribution in [0.25, 0.3) is 0 Å². The van der Waals surface area contributed by atoms with Crippen molar-refractivity contribution in [3.8, 4) is 11.5 Å².